The zero-order valence-electron chi connectivity index (χ0n) is 8.98. The fraction of sp³-hybridized carbons (Fsp3) is 0.250. The molecular weight excluding hydrogens is 284 g/mol. The number of hydrogen-bond acceptors (Lipinski definition) is 3. The summed E-state index contributed by atoms with van der Waals surface area (Å²) in [6, 6.07) is 6.59. The standard InChI is InChI=1S/C12H13BrN2S/c1-14-12(9-4-5-16-8-9)6-11-3-2-10(13)7-15-11/h2-5,7-8,12,14H,6H2,1H3. The highest BCUT2D eigenvalue weighted by Crippen LogP contribution is 2.20. The van der Waals surface area contributed by atoms with Crippen LogP contribution in [0.1, 0.15) is 17.3 Å². The predicted molar refractivity (Wildman–Crippen MR) is 71.8 cm³/mol. The second-order valence-corrected chi connectivity index (χ2v) is 5.27. The van der Waals surface area contributed by atoms with Crippen molar-refractivity contribution in [2.24, 2.45) is 0 Å². The first kappa shape index (κ1) is 11.8. The maximum absolute atomic E-state index is 4.39. The van der Waals surface area contributed by atoms with Crippen LogP contribution in [0.3, 0.4) is 0 Å². The van der Waals surface area contributed by atoms with Gasteiger partial charge in [-0.2, -0.15) is 11.3 Å². The van der Waals surface area contributed by atoms with Crippen molar-refractivity contribution >= 4 is 27.3 Å². The summed E-state index contributed by atoms with van der Waals surface area (Å²) in [4.78, 5) is 4.39. The molecule has 2 aromatic heterocycles. The molecule has 0 amide bonds. The summed E-state index contributed by atoms with van der Waals surface area (Å²) >= 11 is 5.12. The van der Waals surface area contributed by atoms with E-state index in [2.05, 4.69) is 49.1 Å². The van der Waals surface area contributed by atoms with E-state index in [-0.39, 0.29) is 0 Å². The van der Waals surface area contributed by atoms with Crippen LogP contribution >= 0.6 is 27.3 Å². The molecule has 84 valence electrons. The number of aromatic nitrogens is 1. The number of halogens is 1. The van der Waals surface area contributed by atoms with Crippen molar-refractivity contribution in [3.05, 3.63) is 50.9 Å². The third-order valence-corrected chi connectivity index (χ3v) is 3.67. The van der Waals surface area contributed by atoms with E-state index in [9.17, 15) is 0 Å². The highest BCUT2D eigenvalue weighted by Gasteiger charge is 2.10. The zero-order valence-corrected chi connectivity index (χ0v) is 11.4. The molecule has 0 saturated carbocycles. The molecular formula is C12H13BrN2S. The second kappa shape index (κ2) is 5.57. The van der Waals surface area contributed by atoms with Crippen molar-refractivity contribution < 1.29 is 0 Å². The molecule has 0 aliphatic rings. The summed E-state index contributed by atoms with van der Waals surface area (Å²) in [6.45, 7) is 0. The third-order valence-electron chi connectivity index (χ3n) is 2.50. The van der Waals surface area contributed by atoms with Gasteiger partial charge in [-0.25, -0.2) is 0 Å². The molecule has 0 spiro atoms. The van der Waals surface area contributed by atoms with E-state index >= 15 is 0 Å². The third kappa shape index (κ3) is 2.90. The van der Waals surface area contributed by atoms with Gasteiger partial charge < -0.3 is 5.32 Å². The average molecular weight is 297 g/mol. The molecule has 2 heterocycles. The van der Waals surface area contributed by atoms with Gasteiger partial charge in [-0.3, -0.25) is 4.98 Å². The first-order chi connectivity index (χ1) is 7.79. The molecule has 2 aromatic rings. The Labute approximate surface area is 108 Å². The first-order valence-corrected chi connectivity index (χ1v) is 6.83. The van der Waals surface area contributed by atoms with Crippen molar-refractivity contribution in [3.63, 3.8) is 0 Å². The molecule has 2 nitrogen and oxygen atoms in total. The van der Waals surface area contributed by atoms with Gasteiger partial charge in [0.05, 0.1) is 0 Å². The number of nitrogens with zero attached hydrogens (tertiary/aromatic N) is 1. The summed E-state index contributed by atoms with van der Waals surface area (Å²) in [5.41, 5.74) is 2.44. The van der Waals surface area contributed by atoms with E-state index in [4.69, 9.17) is 0 Å². The van der Waals surface area contributed by atoms with Gasteiger partial charge in [0.2, 0.25) is 0 Å². The largest absolute Gasteiger partial charge is 0.313 e. The zero-order chi connectivity index (χ0) is 11.4. The number of nitrogens with one attached hydrogen (secondary N) is 1. The summed E-state index contributed by atoms with van der Waals surface area (Å²) in [5, 5.41) is 7.61. The molecule has 0 aliphatic heterocycles. The maximum atomic E-state index is 4.39. The van der Waals surface area contributed by atoms with E-state index < -0.39 is 0 Å². The van der Waals surface area contributed by atoms with E-state index in [1.807, 2.05) is 19.3 Å². The van der Waals surface area contributed by atoms with Gasteiger partial charge >= 0.3 is 0 Å². The van der Waals surface area contributed by atoms with Gasteiger partial charge in [0, 0.05) is 28.8 Å². The Hall–Kier alpha value is -0.710. The Morgan fingerprint density at radius 3 is 2.88 bits per heavy atom. The van der Waals surface area contributed by atoms with Crippen LogP contribution in [0.4, 0.5) is 0 Å². The predicted octanol–water partition coefficient (Wildman–Crippen LogP) is 3.41. The van der Waals surface area contributed by atoms with Crippen LogP contribution in [-0.2, 0) is 6.42 Å². The minimum atomic E-state index is 0.347. The van der Waals surface area contributed by atoms with Gasteiger partial charge in [-0.15, -0.1) is 0 Å². The van der Waals surface area contributed by atoms with Gasteiger partial charge in [0.15, 0.2) is 0 Å². The number of thiophene rings is 1. The number of hydrogen-bond donors (Lipinski definition) is 1. The Morgan fingerprint density at radius 2 is 2.31 bits per heavy atom. The topological polar surface area (TPSA) is 24.9 Å². The maximum Gasteiger partial charge on any atom is 0.0423 e. The van der Waals surface area contributed by atoms with Crippen molar-refractivity contribution in [2.45, 2.75) is 12.5 Å². The van der Waals surface area contributed by atoms with Crippen LogP contribution in [0.25, 0.3) is 0 Å². The lowest BCUT2D eigenvalue weighted by Crippen LogP contribution is -2.18. The molecule has 16 heavy (non-hydrogen) atoms. The average Bonchev–Trinajstić information content (AvgIpc) is 2.82. The Kier molecular flexibility index (Phi) is 4.09. The van der Waals surface area contributed by atoms with Gasteiger partial charge in [-0.1, -0.05) is 0 Å². The summed E-state index contributed by atoms with van der Waals surface area (Å²) in [5.74, 6) is 0. The summed E-state index contributed by atoms with van der Waals surface area (Å²) in [7, 11) is 1.99. The molecule has 4 heteroatoms. The molecule has 0 bridgehead atoms. The monoisotopic (exact) mass is 296 g/mol. The van der Waals surface area contributed by atoms with E-state index in [1.165, 1.54) is 5.56 Å². The minimum Gasteiger partial charge on any atom is -0.313 e. The fourth-order valence-corrected chi connectivity index (χ4v) is 2.54. The smallest absolute Gasteiger partial charge is 0.0423 e. The molecule has 0 radical (unpaired) electrons. The Balaban J connectivity index is 2.10. The normalized spacial score (nSPS) is 12.6. The van der Waals surface area contributed by atoms with Crippen molar-refractivity contribution in [1.29, 1.82) is 0 Å². The van der Waals surface area contributed by atoms with Gasteiger partial charge in [0.25, 0.3) is 0 Å². The number of likely N-dealkylation sites (N-methyl/N-ethyl adjacent to an activating group) is 1. The first-order valence-electron chi connectivity index (χ1n) is 5.09. The molecule has 2 rings (SSSR count). The SMILES string of the molecule is CNC(Cc1ccc(Br)cn1)c1ccsc1. The van der Waals surface area contributed by atoms with E-state index in [0.29, 0.717) is 6.04 Å². The summed E-state index contributed by atoms with van der Waals surface area (Å²) in [6.07, 6.45) is 2.76. The van der Waals surface area contributed by atoms with E-state index in [1.54, 1.807) is 11.3 Å². The van der Waals surface area contributed by atoms with Crippen LogP contribution in [0.2, 0.25) is 0 Å². The Morgan fingerprint density at radius 1 is 1.44 bits per heavy atom. The quantitative estimate of drug-likeness (QED) is 0.935. The molecule has 0 saturated heterocycles. The van der Waals surface area contributed by atoms with Crippen LogP contribution in [0.15, 0.2) is 39.6 Å². The van der Waals surface area contributed by atoms with Gasteiger partial charge in [0.1, 0.15) is 0 Å². The van der Waals surface area contributed by atoms with Crippen LogP contribution < -0.4 is 5.32 Å². The number of rotatable bonds is 4. The Bertz CT molecular complexity index is 425. The van der Waals surface area contributed by atoms with Crippen molar-refractivity contribution in [2.75, 3.05) is 7.05 Å². The van der Waals surface area contributed by atoms with Crippen LogP contribution in [-0.4, -0.2) is 12.0 Å². The molecule has 0 aliphatic carbocycles. The molecule has 0 fully saturated rings. The molecule has 1 unspecified atom stereocenters. The lowest BCUT2D eigenvalue weighted by Gasteiger charge is -2.14. The highest BCUT2D eigenvalue weighted by molar-refractivity contribution is 9.10. The molecule has 1 atom stereocenters. The minimum absolute atomic E-state index is 0.347. The van der Waals surface area contributed by atoms with Crippen LogP contribution in [0, 0.1) is 0 Å². The van der Waals surface area contributed by atoms with Gasteiger partial charge in [-0.05, 0) is 57.5 Å². The van der Waals surface area contributed by atoms with E-state index in [0.717, 1.165) is 16.6 Å². The molecule has 0 aromatic carbocycles. The van der Waals surface area contributed by atoms with Crippen molar-refractivity contribution in [1.82, 2.24) is 10.3 Å². The van der Waals surface area contributed by atoms with Crippen LogP contribution in [0.5, 0.6) is 0 Å². The lowest BCUT2D eigenvalue weighted by molar-refractivity contribution is 0.586. The number of pyridine rings is 1. The highest BCUT2D eigenvalue weighted by atomic mass is 79.9. The fourth-order valence-electron chi connectivity index (χ4n) is 1.60. The van der Waals surface area contributed by atoms with Crippen molar-refractivity contribution in [3.8, 4) is 0 Å². The lowest BCUT2D eigenvalue weighted by atomic mass is 10.1. The second-order valence-electron chi connectivity index (χ2n) is 3.57. The molecule has 1 N–H and O–H groups in total. The summed E-state index contributed by atoms with van der Waals surface area (Å²) < 4.78 is 1.02.